The third kappa shape index (κ3) is 5.51. The number of carbonyl (C=O) groups excluding carboxylic acids is 1. The van der Waals surface area contributed by atoms with E-state index in [9.17, 15) is 4.79 Å². The molecule has 0 unspecified atom stereocenters. The lowest BCUT2D eigenvalue weighted by Gasteiger charge is -2.23. The Morgan fingerprint density at radius 1 is 1.46 bits per heavy atom. The molecule has 1 saturated heterocycles. The first-order chi connectivity index (χ1) is 12.6. The molecular formula is C19H23ClN2O3S. The molecule has 0 bridgehead atoms. The quantitative estimate of drug-likeness (QED) is 0.760. The number of nitrogens with one attached hydrogen (secondary N) is 1. The fourth-order valence-corrected chi connectivity index (χ4v) is 3.79. The van der Waals surface area contributed by atoms with Crippen LogP contribution in [0.4, 0.5) is 5.13 Å². The van der Waals surface area contributed by atoms with E-state index in [1.54, 1.807) is 13.1 Å². The van der Waals surface area contributed by atoms with Crippen molar-refractivity contribution in [1.29, 1.82) is 0 Å². The smallest absolute Gasteiger partial charge is 0.254 e. The van der Waals surface area contributed by atoms with Crippen LogP contribution in [0.2, 0.25) is 5.02 Å². The Balaban J connectivity index is 1.48. The molecule has 1 aromatic carbocycles. The van der Waals surface area contributed by atoms with E-state index in [4.69, 9.17) is 21.1 Å². The second-order valence-corrected chi connectivity index (χ2v) is 7.88. The van der Waals surface area contributed by atoms with Gasteiger partial charge in [0.05, 0.1) is 12.7 Å². The number of aromatic nitrogens is 1. The summed E-state index contributed by atoms with van der Waals surface area (Å²) >= 11 is 7.64. The SMILES string of the molecule is C[C@H](OC[C@H]1CCCCO1)C(=O)Nc1ncc(Cc2ccccc2Cl)s1. The lowest BCUT2D eigenvalue weighted by atomic mass is 10.1. The summed E-state index contributed by atoms with van der Waals surface area (Å²) in [6.45, 7) is 2.97. The molecule has 2 atom stereocenters. The highest BCUT2D eigenvalue weighted by Crippen LogP contribution is 2.25. The van der Waals surface area contributed by atoms with Crippen molar-refractivity contribution < 1.29 is 14.3 Å². The summed E-state index contributed by atoms with van der Waals surface area (Å²) in [5, 5.41) is 4.13. The van der Waals surface area contributed by atoms with E-state index in [0.29, 0.717) is 18.2 Å². The lowest BCUT2D eigenvalue weighted by molar-refractivity contribution is -0.130. The molecule has 5 nitrogen and oxygen atoms in total. The molecule has 1 N–H and O–H groups in total. The molecule has 3 rings (SSSR count). The van der Waals surface area contributed by atoms with Gasteiger partial charge in [0.25, 0.3) is 5.91 Å². The number of thiazole rings is 1. The Morgan fingerprint density at radius 3 is 3.08 bits per heavy atom. The average Bonchev–Trinajstić information content (AvgIpc) is 3.09. The van der Waals surface area contributed by atoms with E-state index in [1.807, 2.05) is 24.3 Å². The minimum Gasteiger partial charge on any atom is -0.376 e. The molecule has 1 aliphatic heterocycles. The van der Waals surface area contributed by atoms with Gasteiger partial charge < -0.3 is 9.47 Å². The standard InChI is InChI=1S/C19H23ClN2O3S/c1-13(25-12-15-7-4-5-9-24-15)18(23)22-19-21-11-16(26-19)10-14-6-2-3-8-17(14)20/h2-3,6,8,11,13,15H,4-5,7,9-10,12H2,1H3,(H,21,22,23)/t13-,15+/m0/s1. The zero-order valence-corrected chi connectivity index (χ0v) is 16.3. The number of hydrogen-bond donors (Lipinski definition) is 1. The number of ether oxygens (including phenoxy) is 2. The first-order valence-corrected chi connectivity index (χ1v) is 10.0. The molecule has 2 aromatic rings. The molecule has 1 fully saturated rings. The van der Waals surface area contributed by atoms with Gasteiger partial charge in [-0.1, -0.05) is 29.8 Å². The van der Waals surface area contributed by atoms with Gasteiger partial charge in [-0.3, -0.25) is 10.1 Å². The van der Waals surface area contributed by atoms with Gasteiger partial charge in [-0.05, 0) is 37.8 Å². The number of rotatable bonds is 7. The highest BCUT2D eigenvalue weighted by molar-refractivity contribution is 7.15. The fourth-order valence-electron chi connectivity index (χ4n) is 2.75. The zero-order valence-electron chi connectivity index (χ0n) is 14.7. The molecule has 26 heavy (non-hydrogen) atoms. The lowest BCUT2D eigenvalue weighted by Crippen LogP contribution is -2.32. The highest BCUT2D eigenvalue weighted by atomic mass is 35.5. The fraction of sp³-hybridized carbons (Fsp3) is 0.474. The second-order valence-electron chi connectivity index (χ2n) is 6.35. The van der Waals surface area contributed by atoms with E-state index in [2.05, 4.69) is 10.3 Å². The first-order valence-electron chi connectivity index (χ1n) is 8.84. The van der Waals surface area contributed by atoms with Crippen LogP contribution in [-0.4, -0.2) is 36.3 Å². The summed E-state index contributed by atoms with van der Waals surface area (Å²) in [5.41, 5.74) is 1.04. The molecule has 0 aliphatic carbocycles. The molecule has 140 valence electrons. The van der Waals surface area contributed by atoms with E-state index in [0.717, 1.165) is 41.3 Å². The molecule has 0 spiro atoms. The average molecular weight is 395 g/mol. The normalized spacial score (nSPS) is 18.5. The van der Waals surface area contributed by atoms with Gasteiger partial charge in [-0.25, -0.2) is 4.98 Å². The van der Waals surface area contributed by atoms with Crippen molar-refractivity contribution in [3.8, 4) is 0 Å². The van der Waals surface area contributed by atoms with Crippen LogP contribution in [0.15, 0.2) is 30.5 Å². The van der Waals surface area contributed by atoms with Crippen molar-refractivity contribution in [2.24, 2.45) is 0 Å². The molecule has 1 aliphatic rings. The van der Waals surface area contributed by atoms with Crippen LogP contribution < -0.4 is 5.32 Å². The number of amides is 1. The van der Waals surface area contributed by atoms with Gasteiger partial charge in [0.1, 0.15) is 6.10 Å². The van der Waals surface area contributed by atoms with E-state index in [-0.39, 0.29) is 12.0 Å². The summed E-state index contributed by atoms with van der Waals surface area (Å²) < 4.78 is 11.3. The monoisotopic (exact) mass is 394 g/mol. The second kappa shape index (κ2) is 9.46. The Kier molecular flexibility index (Phi) is 7.02. The number of anilines is 1. The molecule has 1 aromatic heterocycles. The van der Waals surface area contributed by atoms with Crippen LogP contribution in [0, 0.1) is 0 Å². The maximum absolute atomic E-state index is 12.3. The number of hydrogen-bond acceptors (Lipinski definition) is 5. The maximum Gasteiger partial charge on any atom is 0.254 e. The topological polar surface area (TPSA) is 60.5 Å². The van der Waals surface area contributed by atoms with E-state index >= 15 is 0 Å². The molecular weight excluding hydrogens is 372 g/mol. The van der Waals surface area contributed by atoms with Crippen LogP contribution in [0.3, 0.4) is 0 Å². The number of carbonyl (C=O) groups is 1. The highest BCUT2D eigenvalue weighted by Gasteiger charge is 2.19. The molecule has 0 saturated carbocycles. The van der Waals surface area contributed by atoms with Crippen molar-refractivity contribution in [1.82, 2.24) is 4.98 Å². The van der Waals surface area contributed by atoms with Crippen molar-refractivity contribution in [3.63, 3.8) is 0 Å². The maximum atomic E-state index is 12.3. The third-order valence-electron chi connectivity index (χ3n) is 4.28. The van der Waals surface area contributed by atoms with Gasteiger partial charge in [-0.15, -0.1) is 11.3 Å². The van der Waals surface area contributed by atoms with E-state index in [1.165, 1.54) is 11.3 Å². The van der Waals surface area contributed by atoms with E-state index < -0.39 is 6.10 Å². The van der Waals surface area contributed by atoms with Crippen molar-refractivity contribution >= 4 is 34.0 Å². The van der Waals surface area contributed by atoms with Gasteiger partial charge in [0, 0.05) is 29.1 Å². The summed E-state index contributed by atoms with van der Waals surface area (Å²) in [5.74, 6) is -0.195. The molecule has 7 heteroatoms. The summed E-state index contributed by atoms with van der Waals surface area (Å²) in [6.07, 6.45) is 5.27. The Morgan fingerprint density at radius 2 is 2.31 bits per heavy atom. The Bertz CT molecular complexity index is 731. The predicted molar refractivity (Wildman–Crippen MR) is 104 cm³/mol. The van der Waals surface area contributed by atoms with Gasteiger partial charge in [-0.2, -0.15) is 0 Å². The minimum atomic E-state index is -0.545. The predicted octanol–water partition coefficient (Wildman–Crippen LogP) is 4.30. The molecule has 1 amide bonds. The molecule has 0 radical (unpaired) electrons. The zero-order chi connectivity index (χ0) is 18.4. The number of nitrogens with zero attached hydrogens (tertiary/aromatic N) is 1. The Labute approximate surface area is 162 Å². The van der Waals surface area contributed by atoms with Crippen molar-refractivity contribution in [3.05, 3.63) is 45.9 Å². The van der Waals surface area contributed by atoms with Crippen LogP contribution >= 0.6 is 22.9 Å². The number of benzene rings is 1. The minimum absolute atomic E-state index is 0.0982. The summed E-state index contributed by atoms with van der Waals surface area (Å²) in [7, 11) is 0. The first kappa shape index (κ1) is 19.3. The molecule has 2 heterocycles. The van der Waals surface area contributed by atoms with Crippen molar-refractivity contribution in [2.75, 3.05) is 18.5 Å². The van der Waals surface area contributed by atoms with Crippen LogP contribution in [0.25, 0.3) is 0 Å². The Hall–Kier alpha value is -1.47. The van der Waals surface area contributed by atoms with Gasteiger partial charge >= 0.3 is 0 Å². The van der Waals surface area contributed by atoms with Crippen molar-refractivity contribution in [2.45, 2.75) is 44.8 Å². The van der Waals surface area contributed by atoms with Crippen LogP contribution in [0.5, 0.6) is 0 Å². The van der Waals surface area contributed by atoms with Gasteiger partial charge in [0.2, 0.25) is 0 Å². The largest absolute Gasteiger partial charge is 0.376 e. The summed E-state index contributed by atoms with van der Waals surface area (Å²) in [6, 6.07) is 7.73. The van der Waals surface area contributed by atoms with Crippen LogP contribution in [0.1, 0.15) is 36.6 Å². The third-order valence-corrected chi connectivity index (χ3v) is 5.56. The van der Waals surface area contributed by atoms with Crippen LogP contribution in [-0.2, 0) is 20.7 Å². The summed E-state index contributed by atoms with van der Waals surface area (Å²) in [4.78, 5) is 17.6. The number of halogens is 1. The van der Waals surface area contributed by atoms with Gasteiger partial charge in [0.15, 0.2) is 5.13 Å².